The number of sulfonamides is 1. The van der Waals surface area contributed by atoms with Crippen LogP contribution in [0, 0.1) is 0 Å². The Hall–Kier alpha value is -1.96. The van der Waals surface area contributed by atoms with Gasteiger partial charge in [-0.1, -0.05) is 34.1 Å². The monoisotopic (exact) mass is 464 g/mol. The normalized spacial score (nSPS) is 20.1. The lowest BCUT2D eigenvalue weighted by molar-refractivity contribution is 0.0944. The third-order valence-corrected chi connectivity index (χ3v) is 6.93. The molecule has 2 aromatic rings. The first-order valence-electron chi connectivity index (χ1n) is 8.76. The van der Waals surface area contributed by atoms with E-state index in [-0.39, 0.29) is 10.8 Å². The second kappa shape index (κ2) is 8.59. The summed E-state index contributed by atoms with van der Waals surface area (Å²) >= 11 is 3.42. The molecule has 6 nitrogen and oxygen atoms in total. The summed E-state index contributed by atoms with van der Waals surface area (Å²) in [6.07, 6.45) is -0.00655. The van der Waals surface area contributed by atoms with Crippen molar-refractivity contribution in [2.45, 2.75) is 23.3 Å². The lowest BCUT2D eigenvalue weighted by Crippen LogP contribution is -2.42. The Morgan fingerprint density at radius 2 is 1.93 bits per heavy atom. The summed E-state index contributed by atoms with van der Waals surface area (Å²) < 4.78 is 33.9. The molecule has 148 valence electrons. The number of nitrogens with zero attached hydrogens (tertiary/aromatic N) is 1. The van der Waals surface area contributed by atoms with Crippen LogP contribution in [0.3, 0.4) is 0 Å². The molecule has 0 radical (unpaired) electrons. The molecular formula is C20H21BrN2O4S. The fraction of sp³-hybridized carbons (Fsp3) is 0.300. The Morgan fingerprint density at radius 1 is 1.21 bits per heavy atom. The number of carbonyl (C=O) groups excluding carboxylic acids is 1. The molecule has 0 saturated carbocycles. The molecule has 0 bridgehead atoms. The van der Waals surface area contributed by atoms with E-state index < -0.39 is 16.1 Å². The number of piperidine rings is 1. The van der Waals surface area contributed by atoms with Crippen molar-refractivity contribution < 1.29 is 17.9 Å². The Labute approximate surface area is 173 Å². The number of hydrogen-bond acceptors (Lipinski definition) is 5. The lowest BCUT2D eigenvalue weighted by Gasteiger charge is -2.40. The van der Waals surface area contributed by atoms with Gasteiger partial charge in [0, 0.05) is 29.7 Å². The predicted octanol–water partition coefficient (Wildman–Crippen LogP) is 3.08. The van der Waals surface area contributed by atoms with Gasteiger partial charge in [0.25, 0.3) is 0 Å². The second-order valence-corrected chi connectivity index (χ2v) is 9.19. The topological polar surface area (TPSA) is 75.7 Å². The molecule has 2 unspecified atom stereocenters. The van der Waals surface area contributed by atoms with Crippen molar-refractivity contribution >= 4 is 37.6 Å². The van der Waals surface area contributed by atoms with Crippen LogP contribution < -0.4 is 9.62 Å². The van der Waals surface area contributed by atoms with Crippen LogP contribution in [0.15, 0.2) is 63.6 Å². The lowest BCUT2D eigenvalue weighted by atomic mass is 9.85. The molecule has 1 aliphatic rings. The zero-order valence-electron chi connectivity index (χ0n) is 15.6. The minimum absolute atomic E-state index is 0.184. The Kier molecular flexibility index (Phi) is 6.37. The largest absolute Gasteiger partial charge is 0.374 e. The number of halogens is 1. The number of rotatable bonds is 5. The van der Waals surface area contributed by atoms with Crippen LogP contribution in [0.25, 0.3) is 0 Å². The van der Waals surface area contributed by atoms with Crippen molar-refractivity contribution in [1.82, 2.24) is 4.72 Å². The van der Waals surface area contributed by atoms with Gasteiger partial charge in [0.1, 0.15) is 17.7 Å². The number of hydrogen-bond donors (Lipinski definition) is 1. The quantitative estimate of drug-likeness (QED) is 0.688. The number of methoxy groups -OCH3 is 1. The number of para-hydroxylation sites is 1. The van der Waals surface area contributed by atoms with Gasteiger partial charge in [-0.05, 0) is 49.4 Å². The third kappa shape index (κ3) is 3.92. The molecule has 0 aromatic heterocycles. The van der Waals surface area contributed by atoms with Gasteiger partial charge in [-0.3, -0.25) is 0 Å². The van der Waals surface area contributed by atoms with Crippen molar-refractivity contribution in [2.24, 2.45) is 0 Å². The zero-order chi connectivity index (χ0) is 20.3. The number of benzene rings is 2. The Bertz CT molecular complexity index is 1000. The fourth-order valence-corrected chi connectivity index (χ4v) is 5.00. The molecule has 0 spiro atoms. The van der Waals surface area contributed by atoms with Gasteiger partial charge in [-0.25, -0.2) is 17.9 Å². The van der Waals surface area contributed by atoms with Gasteiger partial charge in [0.2, 0.25) is 10.0 Å². The van der Waals surface area contributed by atoms with Crippen LogP contribution in [0.1, 0.15) is 17.9 Å². The van der Waals surface area contributed by atoms with Crippen molar-refractivity contribution in [1.29, 1.82) is 0 Å². The van der Waals surface area contributed by atoms with Crippen molar-refractivity contribution in [3.8, 4) is 0 Å². The van der Waals surface area contributed by atoms with Gasteiger partial charge in [-0.15, -0.1) is 0 Å². The minimum atomic E-state index is -3.66. The van der Waals surface area contributed by atoms with E-state index in [1.807, 2.05) is 41.2 Å². The summed E-state index contributed by atoms with van der Waals surface area (Å²) in [6.45, 7) is 0.546. The fourth-order valence-electron chi connectivity index (χ4n) is 3.63. The van der Waals surface area contributed by atoms with E-state index in [2.05, 4.69) is 20.7 Å². The number of ether oxygens (including phenoxy) is 1. The Balaban J connectivity index is 2.08. The van der Waals surface area contributed by atoms with Gasteiger partial charge in [0.05, 0.1) is 4.90 Å². The summed E-state index contributed by atoms with van der Waals surface area (Å²) in [4.78, 5) is 13.9. The molecule has 1 fully saturated rings. The highest BCUT2D eigenvalue weighted by atomic mass is 79.9. The van der Waals surface area contributed by atoms with E-state index in [0.717, 1.165) is 10.2 Å². The molecule has 28 heavy (non-hydrogen) atoms. The SMILES string of the molecule is CNS(=O)(=O)c1ccc(Br)cc1C1CCN(c2ccccc2)C(=C=O)C1OC. The maximum absolute atomic E-state index is 12.5. The van der Waals surface area contributed by atoms with E-state index in [9.17, 15) is 13.2 Å². The first kappa shape index (κ1) is 20.8. The first-order chi connectivity index (χ1) is 13.4. The van der Waals surface area contributed by atoms with E-state index >= 15 is 0 Å². The molecule has 2 atom stereocenters. The van der Waals surface area contributed by atoms with E-state index in [1.54, 1.807) is 18.2 Å². The molecule has 2 aromatic carbocycles. The maximum Gasteiger partial charge on any atom is 0.240 e. The van der Waals surface area contributed by atoms with E-state index in [0.29, 0.717) is 24.2 Å². The highest BCUT2D eigenvalue weighted by molar-refractivity contribution is 9.10. The highest BCUT2D eigenvalue weighted by Crippen LogP contribution is 2.40. The van der Waals surface area contributed by atoms with Crippen molar-refractivity contribution in [2.75, 3.05) is 25.6 Å². The predicted molar refractivity (Wildman–Crippen MR) is 112 cm³/mol. The molecule has 1 N–H and O–H groups in total. The molecule has 0 aliphatic carbocycles. The molecule has 3 rings (SSSR count). The summed E-state index contributed by atoms with van der Waals surface area (Å²) in [5.41, 5.74) is 1.84. The minimum Gasteiger partial charge on any atom is -0.374 e. The molecule has 1 aliphatic heterocycles. The van der Waals surface area contributed by atoms with Crippen molar-refractivity contribution in [3.63, 3.8) is 0 Å². The Morgan fingerprint density at radius 3 is 2.54 bits per heavy atom. The van der Waals surface area contributed by atoms with Crippen LogP contribution in [0.4, 0.5) is 5.69 Å². The number of anilines is 1. The molecule has 0 amide bonds. The zero-order valence-corrected chi connectivity index (χ0v) is 18.0. The van der Waals surface area contributed by atoms with E-state index in [1.165, 1.54) is 14.2 Å². The average Bonchev–Trinajstić information content (AvgIpc) is 2.72. The second-order valence-electron chi connectivity index (χ2n) is 6.42. The molecular weight excluding hydrogens is 444 g/mol. The molecule has 1 saturated heterocycles. The van der Waals surface area contributed by atoms with Crippen LogP contribution >= 0.6 is 15.9 Å². The third-order valence-electron chi connectivity index (χ3n) is 4.95. The van der Waals surface area contributed by atoms with Gasteiger partial charge >= 0.3 is 0 Å². The van der Waals surface area contributed by atoms with Crippen LogP contribution in [0.5, 0.6) is 0 Å². The maximum atomic E-state index is 12.5. The molecule has 1 heterocycles. The van der Waals surface area contributed by atoms with Gasteiger partial charge in [-0.2, -0.15) is 0 Å². The first-order valence-corrected chi connectivity index (χ1v) is 11.0. The standard InChI is InChI=1S/C20H21BrN2O4S/c1-22-28(25,26)19-9-8-14(21)12-17(19)16-10-11-23(15-6-4-3-5-7-15)18(13-24)20(16)27-2/h3-9,12,16,20,22H,10-11H2,1-2H3. The van der Waals surface area contributed by atoms with Crippen molar-refractivity contribution in [3.05, 3.63) is 64.3 Å². The van der Waals surface area contributed by atoms with Gasteiger partial charge in [0.15, 0.2) is 0 Å². The summed E-state index contributed by atoms with van der Waals surface area (Å²) in [5, 5.41) is 0. The van der Waals surface area contributed by atoms with E-state index in [4.69, 9.17) is 4.74 Å². The van der Waals surface area contributed by atoms with Crippen LogP contribution in [-0.4, -0.2) is 41.2 Å². The van der Waals surface area contributed by atoms with Gasteiger partial charge < -0.3 is 9.64 Å². The smallest absolute Gasteiger partial charge is 0.240 e. The van der Waals surface area contributed by atoms with Crippen LogP contribution in [0.2, 0.25) is 0 Å². The summed E-state index contributed by atoms with van der Waals surface area (Å²) in [7, 11) is -0.764. The van der Waals surface area contributed by atoms with Crippen LogP contribution in [-0.2, 0) is 19.6 Å². The average molecular weight is 465 g/mol. The number of nitrogens with one attached hydrogen (secondary N) is 1. The molecule has 8 heteroatoms. The summed E-state index contributed by atoms with van der Waals surface area (Å²) in [6, 6.07) is 14.6. The summed E-state index contributed by atoms with van der Waals surface area (Å²) in [5.74, 6) is 1.72. The highest BCUT2D eigenvalue weighted by Gasteiger charge is 2.38.